The van der Waals surface area contributed by atoms with E-state index in [-0.39, 0.29) is 5.92 Å². The summed E-state index contributed by atoms with van der Waals surface area (Å²) < 4.78 is 10.7. The van der Waals surface area contributed by atoms with Gasteiger partial charge in [0.2, 0.25) is 11.7 Å². The summed E-state index contributed by atoms with van der Waals surface area (Å²) in [6.07, 6.45) is 0. The van der Waals surface area contributed by atoms with Gasteiger partial charge < -0.3 is 14.6 Å². The van der Waals surface area contributed by atoms with E-state index in [1.165, 1.54) is 5.56 Å². The molecule has 0 amide bonds. The van der Waals surface area contributed by atoms with Gasteiger partial charge in [-0.1, -0.05) is 31.1 Å². The van der Waals surface area contributed by atoms with E-state index in [9.17, 15) is 0 Å². The molecule has 0 saturated carbocycles. The zero-order valence-electron chi connectivity index (χ0n) is 11.5. The monoisotopic (exact) mass is 261 g/mol. The van der Waals surface area contributed by atoms with Crippen molar-refractivity contribution in [1.82, 2.24) is 15.5 Å². The Hall–Kier alpha value is -1.88. The second-order valence-electron chi connectivity index (χ2n) is 4.67. The van der Waals surface area contributed by atoms with Crippen LogP contribution in [0.4, 0.5) is 0 Å². The summed E-state index contributed by atoms with van der Waals surface area (Å²) in [6, 6.07) is 7.94. The maximum Gasteiger partial charge on any atom is 0.229 e. The smallest absolute Gasteiger partial charge is 0.229 e. The predicted molar refractivity (Wildman–Crippen MR) is 71.9 cm³/mol. The van der Waals surface area contributed by atoms with Gasteiger partial charge >= 0.3 is 0 Å². The van der Waals surface area contributed by atoms with Crippen LogP contribution in [0.5, 0.6) is 5.75 Å². The molecular weight excluding hydrogens is 242 g/mol. The van der Waals surface area contributed by atoms with Crippen molar-refractivity contribution < 1.29 is 9.26 Å². The minimum atomic E-state index is 0.238. The van der Waals surface area contributed by atoms with Crippen LogP contribution in [0.25, 0.3) is 0 Å². The summed E-state index contributed by atoms with van der Waals surface area (Å²) in [5.74, 6) is 2.25. The molecule has 5 nitrogen and oxygen atoms in total. The summed E-state index contributed by atoms with van der Waals surface area (Å²) >= 11 is 0. The molecule has 0 radical (unpaired) electrons. The van der Waals surface area contributed by atoms with Gasteiger partial charge in [0.1, 0.15) is 5.75 Å². The Morgan fingerprint density at radius 3 is 2.58 bits per heavy atom. The number of aromatic nitrogens is 2. The first kappa shape index (κ1) is 13.5. The van der Waals surface area contributed by atoms with Gasteiger partial charge in [-0.3, -0.25) is 0 Å². The number of ether oxygens (including phenoxy) is 1. The minimum absolute atomic E-state index is 0.238. The lowest BCUT2D eigenvalue weighted by Crippen LogP contribution is -2.04. The molecule has 1 aromatic carbocycles. The highest BCUT2D eigenvalue weighted by Gasteiger charge is 2.10. The lowest BCUT2D eigenvalue weighted by atomic mass is 10.2. The average Bonchev–Trinajstić information content (AvgIpc) is 2.87. The average molecular weight is 261 g/mol. The first-order valence-corrected chi connectivity index (χ1v) is 6.38. The fraction of sp³-hybridized carbons (Fsp3) is 0.429. The largest absolute Gasteiger partial charge is 0.485 e. The van der Waals surface area contributed by atoms with Gasteiger partial charge in [-0.25, -0.2) is 0 Å². The standard InChI is InChI=1S/C14H19N3O2/c1-10(2)14-16-13(17-19-14)9-18-12-6-4-11(5-7-12)8-15-3/h4-7,10,15H,8-9H2,1-3H3. The molecule has 0 aliphatic carbocycles. The van der Waals surface area contributed by atoms with E-state index in [1.807, 2.05) is 45.2 Å². The predicted octanol–water partition coefficient (Wildman–Crippen LogP) is 2.49. The zero-order chi connectivity index (χ0) is 13.7. The fourth-order valence-electron chi connectivity index (χ4n) is 1.62. The van der Waals surface area contributed by atoms with Crippen LogP contribution in [0.1, 0.15) is 37.0 Å². The summed E-state index contributed by atoms with van der Waals surface area (Å²) in [5.41, 5.74) is 1.22. The highest BCUT2D eigenvalue weighted by molar-refractivity contribution is 5.27. The topological polar surface area (TPSA) is 60.2 Å². The van der Waals surface area contributed by atoms with Gasteiger partial charge in [-0.05, 0) is 24.7 Å². The Morgan fingerprint density at radius 1 is 1.26 bits per heavy atom. The number of nitrogens with one attached hydrogen (secondary N) is 1. The highest BCUT2D eigenvalue weighted by atomic mass is 16.5. The molecule has 0 aliphatic heterocycles. The van der Waals surface area contributed by atoms with Gasteiger partial charge in [0.15, 0.2) is 6.61 Å². The molecule has 102 valence electrons. The Labute approximate surface area is 113 Å². The third-order valence-corrected chi connectivity index (χ3v) is 2.65. The van der Waals surface area contributed by atoms with Crippen molar-refractivity contribution in [3.8, 4) is 5.75 Å². The van der Waals surface area contributed by atoms with Crippen LogP contribution in [0.2, 0.25) is 0 Å². The van der Waals surface area contributed by atoms with Crippen LogP contribution < -0.4 is 10.1 Å². The molecule has 5 heteroatoms. The SMILES string of the molecule is CNCc1ccc(OCc2noc(C(C)C)n2)cc1. The molecule has 0 unspecified atom stereocenters. The molecule has 1 aromatic heterocycles. The van der Waals surface area contributed by atoms with Crippen LogP contribution in [0.15, 0.2) is 28.8 Å². The van der Waals surface area contributed by atoms with Crippen molar-refractivity contribution in [3.05, 3.63) is 41.5 Å². The van der Waals surface area contributed by atoms with Crippen molar-refractivity contribution in [2.45, 2.75) is 32.9 Å². The lowest BCUT2D eigenvalue weighted by molar-refractivity contribution is 0.284. The number of nitrogens with zero attached hydrogens (tertiary/aromatic N) is 2. The van der Waals surface area contributed by atoms with E-state index < -0.39 is 0 Å². The van der Waals surface area contributed by atoms with Crippen molar-refractivity contribution >= 4 is 0 Å². The second-order valence-corrected chi connectivity index (χ2v) is 4.67. The molecule has 0 saturated heterocycles. The quantitative estimate of drug-likeness (QED) is 0.865. The van der Waals surface area contributed by atoms with E-state index in [4.69, 9.17) is 9.26 Å². The molecule has 0 bridgehead atoms. The van der Waals surface area contributed by atoms with E-state index in [0.717, 1.165) is 12.3 Å². The Morgan fingerprint density at radius 2 is 2.00 bits per heavy atom. The number of rotatable bonds is 6. The Bertz CT molecular complexity index is 506. The molecular formula is C14H19N3O2. The molecule has 0 fully saturated rings. The zero-order valence-corrected chi connectivity index (χ0v) is 11.5. The third-order valence-electron chi connectivity index (χ3n) is 2.65. The molecule has 0 aliphatic rings. The van der Waals surface area contributed by atoms with E-state index in [0.29, 0.717) is 18.3 Å². The summed E-state index contributed by atoms with van der Waals surface area (Å²) in [6.45, 7) is 5.20. The maximum atomic E-state index is 5.61. The van der Waals surface area contributed by atoms with Gasteiger partial charge in [-0.2, -0.15) is 4.98 Å². The highest BCUT2D eigenvalue weighted by Crippen LogP contribution is 2.15. The molecule has 2 rings (SSSR count). The summed E-state index contributed by atoms with van der Waals surface area (Å²) in [4.78, 5) is 4.26. The molecule has 19 heavy (non-hydrogen) atoms. The van der Waals surface area contributed by atoms with E-state index in [2.05, 4.69) is 15.5 Å². The lowest BCUT2D eigenvalue weighted by Gasteiger charge is -2.04. The first-order valence-electron chi connectivity index (χ1n) is 6.38. The molecule has 1 heterocycles. The molecule has 2 aromatic rings. The normalized spacial score (nSPS) is 10.9. The third kappa shape index (κ3) is 3.79. The van der Waals surface area contributed by atoms with Crippen LogP contribution in [-0.4, -0.2) is 17.2 Å². The maximum absolute atomic E-state index is 5.61. The van der Waals surface area contributed by atoms with Crippen molar-refractivity contribution in [1.29, 1.82) is 0 Å². The van der Waals surface area contributed by atoms with Crippen molar-refractivity contribution in [3.63, 3.8) is 0 Å². The Kier molecular flexibility index (Phi) is 4.52. The molecule has 0 spiro atoms. The Balaban J connectivity index is 1.90. The summed E-state index contributed by atoms with van der Waals surface area (Å²) in [5, 5.41) is 6.98. The van der Waals surface area contributed by atoms with Gasteiger partial charge in [0.05, 0.1) is 0 Å². The van der Waals surface area contributed by atoms with Gasteiger partial charge in [-0.15, -0.1) is 0 Å². The van der Waals surface area contributed by atoms with Crippen LogP contribution in [0, 0.1) is 0 Å². The number of hydrogen-bond acceptors (Lipinski definition) is 5. The van der Waals surface area contributed by atoms with Crippen molar-refractivity contribution in [2.24, 2.45) is 0 Å². The van der Waals surface area contributed by atoms with Gasteiger partial charge in [0.25, 0.3) is 0 Å². The van der Waals surface area contributed by atoms with Crippen LogP contribution in [0.3, 0.4) is 0 Å². The van der Waals surface area contributed by atoms with E-state index >= 15 is 0 Å². The molecule has 1 N–H and O–H groups in total. The van der Waals surface area contributed by atoms with Crippen molar-refractivity contribution in [2.75, 3.05) is 7.05 Å². The first-order chi connectivity index (χ1) is 9.19. The molecule has 0 atom stereocenters. The van der Waals surface area contributed by atoms with Crippen LogP contribution in [-0.2, 0) is 13.2 Å². The van der Waals surface area contributed by atoms with Gasteiger partial charge in [0, 0.05) is 12.5 Å². The number of hydrogen-bond donors (Lipinski definition) is 1. The second kappa shape index (κ2) is 6.33. The fourth-order valence-corrected chi connectivity index (χ4v) is 1.62. The minimum Gasteiger partial charge on any atom is -0.485 e. The van der Waals surface area contributed by atoms with Crippen LogP contribution >= 0.6 is 0 Å². The van der Waals surface area contributed by atoms with E-state index in [1.54, 1.807) is 0 Å². The number of benzene rings is 1. The summed E-state index contributed by atoms with van der Waals surface area (Å²) in [7, 11) is 1.92.